The normalized spacial score (nSPS) is 18.5. The second kappa shape index (κ2) is 8.89. The Balaban J connectivity index is 1.58. The van der Waals surface area contributed by atoms with Crippen LogP contribution in [0.2, 0.25) is 0 Å². The van der Waals surface area contributed by atoms with E-state index >= 15 is 0 Å². The largest absolute Gasteiger partial charge is 0.508 e. The molecule has 0 aromatic heterocycles. The summed E-state index contributed by atoms with van der Waals surface area (Å²) in [6.45, 7) is 9.26. The topological polar surface area (TPSA) is 62.1 Å². The maximum atomic E-state index is 12.4. The van der Waals surface area contributed by atoms with Gasteiger partial charge in [-0.3, -0.25) is 4.79 Å². The summed E-state index contributed by atoms with van der Waals surface area (Å²) in [5.41, 5.74) is 3.88. The number of amides is 1. The van der Waals surface area contributed by atoms with E-state index in [0.29, 0.717) is 23.9 Å². The Morgan fingerprint density at radius 3 is 2.65 bits per heavy atom. The Labute approximate surface area is 187 Å². The zero-order valence-corrected chi connectivity index (χ0v) is 19.0. The number of amidine groups is 1. The van der Waals surface area contributed by atoms with Gasteiger partial charge in [-0.2, -0.15) is 4.99 Å². The molecule has 2 aliphatic heterocycles. The Hall–Kier alpha value is -2.57. The predicted molar refractivity (Wildman–Crippen MR) is 127 cm³/mol. The molecule has 0 aliphatic carbocycles. The monoisotopic (exact) mass is 436 g/mol. The van der Waals surface area contributed by atoms with Crippen molar-refractivity contribution >= 4 is 28.9 Å². The molecule has 0 atom stereocenters. The number of ether oxygens (including phenoxy) is 1. The summed E-state index contributed by atoms with van der Waals surface area (Å²) in [6.07, 6.45) is 2.84. The van der Waals surface area contributed by atoms with E-state index in [0.717, 1.165) is 46.9 Å². The van der Waals surface area contributed by atoms with Crippen molar-refractivity contribution in [3.05, 3.63) is 58.5 Å². The lowest BCUT2D eigenvalue weighted by atomic mass is 9.80. The summed E-state index contributed by atoms with van der Waals surface area (Å²) in [4.78, 5) is 19.4. The van der Waals surface area contributed by atoms with Gasteiger partial charge < -0.3 is 14.7 Å². The minimum Gasteiger partial charge on any atom is -0.508 e. The van der Waals surface area contributed by atoms with E-state index in [1.807, 2.05) is 24.3 Å². The summed E-state index contributed by atoms with van der Waals surface area (Å²) >= 11 is 1.43. The first kappa shape index (κ1) is 21.7. The van der Waals surface area contributed by atoms with Crippen LogP contribution in [0, 0.1) is 0 Å². The van der Waals surface area contributed by atoms with Gasteiger partial charge in [0.25, 0.3) is 5.91 Å². The van der Waals surface area contributed by atoms with Crippen LogP contribution in [0.25, 0.3) is 17.2 Å². The van der Waals surface area contributed by atoms with Crippen LogP contribution in [0.15, 0.2) is 52.4 Å². The smallest absolute Gasteiger partial charge is 0.286 e. The summed E-state index contributed by atoms with van der Waals surface area (Å²) in [5, 5.41) is 11.1. The lowest BCUT2D eigenvalue weighted by Gasteiger charge is -2.27. The second-order valence-corrected chi connectivity index (χ2v) is 9.51. The minimum absolute atomic E-state index is 0.111. The highest BCUT2D eigenvalue weighted by atomic mass is 32.2. The molecule has 0 saturated carbocycles. The van der Waals surface area contributed by atoms with E-state index in [-0.39, 0.29) is 11.3 Å². The maximum absolute atomic E-state index is 12.4. The molecule has 2 aliphatic rings. The Bertz CT molecular complexity index is 1050. The number of thioether (sulfide) groups is 1. The number of aliphatic imine (C=N–C) groups is 1. The third kappa shape index (κ3) is 4.70. The number of hydrogen-bond donors (Lipinski definition) is 1. The van der Waals surface area contributed by atoms with Gasteiger partial charge in [-0.15, -0.1) is 0 Å². The van der Waals surface area contributed by atoms with Crippen LogP contribution in [0.4, 0.5) is 0 Å². The fourth-order valence-electron chi connectivity index (χ4n) is 3.70. The molecule has 2 aromatic rings. The highest BCUT2D eigenvalue weighted by Crippen LogP contribution is 2.37. The molecule has 0 spiro atoms. The number of phenols is 1. The van der Waals surface area contributed by atoms with Crippen LogP contribution in [0.5, 0.6) is 5.75 Å². The standard InChI is InChI=1S/C25H28N2O3S/c1-4-25(2,3)20-16-19(8-9-21(20)28)18-7-5-6-17(14-18)15-22-23(29)26-24(31-22)27-10-12-30-13-11-27/h5-9,14-16,28H,4,10-13H2,1-3H3/b22-15+. The Kier molecular flexibility index (Phi) is 6.21. The van der Waals surface area contributed by atoms with E-state index in [1.54, 1.807) is 6.07 Å². The van der Waals surface area contributed by atoms with Gasteiger partial charge in [0.15, 0.2) is 5.17 Å². The Morgan fingerprint density at radius 2 is 1.90 bits per heavy atom. The van der Waals surface area contributed by atoms with Gasteiger partial charge in [0, 0.05) is 18.7 Å². The van der Waals surface area contributed by atoms with Gasteiger partial charge in [-0.1, -0.05) is 45.0 Å². The van der Waals surface area contributed by atoms with Crippen LogP contribution < -0.4 is 0 Å². The number of carbonyl (C=O) groups excluding carboxylic acids is 1. The van der Waals surface area contributed by atoms with Crippen LogP contribution in [0.3, 0.4) is 0 Å². The minimum atomic E-state index is -0.187. The van der Waals surface area contributed by atoms with Crippen molar-refractivity contribution in [1.29, 1.82) is 0 Å². The highest BCUT2D eigenvalue weighted by molar-refractivity contribution is 8.18. The molecule has 31 heavy (non-hydrogen) atoms. The average Bonchev–Trinajstić information content (AvgIpc) is 3.15. The molecule has 1 fully saturated rings. The van der Waals surface area contributed by atoms with Crippen molar-refractivity contribution in [3.8, 4) is 16.9 Å². The number of hydrogen-bond acceptors (Lipinski definition) is 5. The number of benzene rings is 2. The molecule has 5 nitrogen and oxygen atoms in total. The van der Waals surface area contributed by atoms with Gasteiger partial charge in [-0.25, -0.2) is 0 Å². The van der Waals surface area contributed by atoms with Crippen LogP contribution >= 0.6 is 11.8 Å². The van der Waals surface area contributed by atoms with E-state index in [9.17, 15) is 9.90 Å². The molecule has 1 saturated heterocycles. The van der Waals surface area contributed by atoms with Crippen molar-refractivity contribution in [2.75, 3.05) is 26.3 Å². The molecule has 4 rings (SSSR count). The van der Waals surface area contributed by atoms with Crippen molar-refractivity contribution in [3.63, 3.8) is 0 Å². The molecule has 2 heterocycles. The molecule has 0 bridgehead atoms. The number of rotatable bonds is 4. The zero-order valence-electron chi connectivity index (χ0n) is 18.2. The molecule has 6 heteroatoms. The molecular weight excluding hydrogens is 408 g/mol. The SMILES string of the molecule is CCC(C)(C)c1cc(-c2cccc(/C=C3/SC(N4CCOCC4)=NC3=O)c2)ccc1O. The summed E-state index contributed by atoms with van der Waals surface area (Å²) in [6, 6.07) is 13.9. The zero-order chi connectivity index (χ0) is 22.0. The third-order valence-corrected chi connectivity index (χ3v) is 7.06. The molecular formula is C25H28N2O3S. The van der Waals surface area contributed by atoms with Gasteiger partial charge in [0.1, 0.15) is 5.75 Å². The van der Waals surface area contributed by atoms with Crippen molar-refractivity contribution in [1.82, 2.24) is 4.90 Å². The lowest BCUT2D eigenvalue weighted by Crippen LogP contribution is -2.38. The van der Waals surface area contributed by atoms with Crippen molar-refractivity contribution in [2.45, 2.75) is 32.6 Å². The summed E-state index contributed by atoms with van der Waals surface area (Å²) < 4.78 is 5.39. The number of morpholine rings is 1. The Morgan fingerprint density at radius 1 is 1.16 bits per heavy atom. The fourth-order valence-corrected chi connectivity index (χ4v) is 4.66. The van der Waals surface area contributed by atoms with Crippen molar-refractivity contribution < 1.29 is 14.6 Å². The average molecular weight is 437 g/mol. The molecule has 0 radical (unpaired) electrons. The molecule has 162 valence electrons. The van der Waals surface area contributed by atoms with Gasteiger partial charge in [-0.05, 0) is 64.6 Å². The number of phenolic OH excluding ortho intramolecular Hbond substituents is 1. The van der Waals surface area contributed by atoms with E-state index in [1.165, 1.54) is 11.8 Å². The maximum Gasteiger partial charge on any atom is 0.286 e. The van der Waals surface area contributed by atoms with E-state index in [4.69, 9.17) is 4.74 Å². The van der Waals surface area contributed by atoms with Gasteiger partial charge in [0.05, 0.1) is 18.1 Å². The first-order chi connectivity index (χ1) is 14.9. The summed E-state index contributed by atoms with van der Waals surface area (Å²) in [7, 11) is 0. The molecule has 0 unspecified atom stereocenters. The van der Waals surface area contributed by atoms with Crippen LogP contribution in [0.1, 0.15) is 38.3 Å². The molecule has 2 aromatic carbocycles. The second-order valence-electron chi connectivity index (χ2n) is 8.50. The van der Waals surface area contributed by atoms with Crippen LogP contribution in [-0.2, 0) is 14.9 Å². The van der Waals surface area contributed by atoms with Gasteiger partial charge in [0.2, 0.25) is 0 Å². The van der Waals surface area contributed by atoms with E-state index < -0.39 is 0 Å². The first-order valence-corrected chi connectivity index (χ1v) is 11.5. The molecule has 1 amide bonds. The van der Waals surface area contributed by atoms with Crippen molar-refractivity contribution in [2.24, 2.45) is 4.99 Å². The van der Waals surface area contributed by atoms with E-state index in [2.05, 4.69) is 48.9 Å². The number of nitrogens with zero attached hydrogens (tertiary/aromatic N) is 2. The van der Waals surface area contributed by atoms with Crippen LogP contribution in [-0.4, -0.2) is 47.4 Å². The fraction of sp³-hybridized carbons (Fsp3) is 0.360. The number of aromatic hydroxyl groups is 1. The lowest BCUT2D eigenvalue weighted by molar-refractivity contribution is -0.113. The summed E-state index contributed by atoms with van der Waals surface area (Å²) in [5.74, 6) is 0.142. The highest BCUT2D eigenvalue weighted by Gasteiger charge is 2.27. The quantitative estimate of drug-likeness (QED) is 0.680. The van der Waals surface area contributed by atoms with Gasteiger partial charge >= 0.3 is 0 Å². The molecule has 1 N–H and O–H groups in total. The first-order valence-electron chi connectivity index (χ1n) is 10.7. The number of carbonyl (C=O) groups is 1. The third-order valence-electron chi connectivity index (χ3n) is 6.02. The predicted octanol–water partition coefficient (Wildman–Crippen LogP) is 5.05.